The summed E-state index contributed by atoms with van der Waals surface area (Å²) in [7, 11) is 0. The lowest BCUT2D eigenvalue weighted by atomic mass is 9.67. The molecule has 0 fully saturated rings. The van der Waals surface area contributed by atoms with E-state index in [2.05, 4.69) is 55.5 Å². The molecular weight excluding hydrogens is 264 g/mol. The van der Waals surface area contributed by atoms with Crippen molar-refractivity contribution in [1.82, 2.24) is 0 Å². The first-order valence-electron chi connectivity index (χ1n) is 8.70. The molecule has 1 spiro atoms. The van der Waals surface area contributed by atoms with Crippen LogP contribution in [-0.2, 0) is 5.41 Å². The van der Waals surface area contributed by atoms with Gasteiger partial charge >= 0.3 is 0 Å². The maximum atomic E-state index is 2.41. The van der Waals surface area contributed by atoms with Crippen LogP contribution in [0.4, 0.5) is 0 Å². The first kappa shape index (κ1) is 12.7. The Kier molecular flexibility index (Phi) is 2.51. The second-order valence-electron chi connectivity index (χ2n) is 7.47. The molecule has 0 saturated carbocycles. The molecule has 0 heteroatoms. The molecule has 2 atom stereocenters. The van der Waals surface area contributed by atoms with Gasteiger partial charge in [0.2, 0.25) is 0 Å². The first-order valence-corrected chi connectivity index (χ1v) is 8.70. The Balaban J connectivity index is 1.73. The van der Waals surface area contributed by atoms with E-state index in [0.29, 0.717) is 5.92 Å². The molecule has 22 heavy (non-hydrogen) atoms. The van der Waals surface area contributed by atoms with Crippen LogP contribution in [0.15, 0.2) is 65.3 Å². The molecule has 2 unspecified atom stereocenters. The van der Waals surface area contributed by atoms with Crippen LogP contribution < -0.4 is 0 Å². The van der Waals surface area contributed by atoms with Crippen LogP contribution in [0.2, 0.25) is 0 Å². The predicted molar refractivity (Wildman–Crippen MR) is 92.6 cm³/mol. The molecule has 4 aliphatic carbocycles. The second kappa shape index (κ2) is 4.35. The largest absolute Gasteiger partial charge is 0.0808 e. The summed E-state index contributed by atoms with van der Waals surface area (Å²) < 4.78 is 0. The van der Waals surface area contributed by atoms with Crippen LogP contribution in [0.3, 0.4) is 0 Å². The average molecular weight is 286 g/mol. The summed E-state index contributed by atoms with van der Waals surface area (Å²) in [4.78, 5) is 0. The highest BCUT2D eigenvalue weighted by molar-refractivity contribution is 5.87. The van der Waals surface area contributed by atoms with Crippen molar-refractivity contribution in [2.24, 2.45) is 5.92 Å². The zero-order valence-electron chi connectivity index (χ0n) is 13.2. The fraction of sp³-hybridized carbons (Fsp3) is 0.364. The maximum absolute atomic E-state index is 2.41. The summed E-state index contributed by atoms with van der Waals surface area (Å²) in [5.41, 5.74) is 9.93. The summed E-state index contributed by atoms with van der Waals surface area (Å²) in [6.45, 7) is 2.36. The molecule has 0 radical (unpaired) electrons. The molecule has 1 aromatic carbocycles. The Hall–Kier alpha value is -1.82. The van der Waals surface area contributed by atoms with Gasteiger partial charge < -0.3 is 0 Å². The van der Waals surface area contributed by atoms with E-state index in [1.165, 1.54) is 37.7 Å². The lowest BCUT2D eigenvalue weighted by Gasteiger charge is -2.36. The quantitative estimate of drug-likeness (QED) is 0.571. The number of hydrogen-bond donors (Lipinski definition) is 0. The van der Waals surface area contributed by atoms with Gasteiger partial charge in [0, 0.05) is 5.41 Å². The van der Waals surface area contributed by atoms with Crippen LogP contribution in [0.25, 0.3) is 5.57 Å². The van der Waals surface area contributed by atoms with Gasteiger partial charge in [0.1, 0.15) is 0 Å². The van der Waals surface area contributed by atoms with E-state index >= 15 is 0 Å². The molecule has 5 rings (SSSR count). The van der Waals surface area contributed by atoms with Gasteiger partial charge in [-0.25, -0.2) is 0 Å². The van der Waals surface area contributed by atoms with E-state index in [-0.39, 0.29) is 5.41 Å². The number of rotatable bonds is 0. The van der Waals surface area contributed by atoms with Crippen molar-refractivity contribution < 1.29 is 0 Å². The first-order chi connectivity index (χ1) is 10.8. The Labute approximate surface area is 132 Å². The third kappa shape index (κ3) is 1.53. The van der Waals surface area contributed by atoms with Gasteiger partial charge in [0.25, 0.3) is 0 Å². The minimum atomic E-state index is 0.285. The third-order valence-electron chi connectivity index (χ3n) is 6.19. The van der Waals surface area contributed by atoms with Crippen molar-refractivity contribution in [3.8, 4) is 0 Å². The van der Waals surface area contributed by atoms with Gasteiger partial charge in [0.15, 0.2) is 0 Å². The topological polar surface area (TPSA) is 0 Å². The maximum Gasteiger partial charge on any atom is 0.0217 e. The van der Waals surface area contributed by atoms with Crippen molar-refractivity contribution >= 4 is 5.57 Å². The van der Waals surface area contributed by atoms with E-state index in [0.717, 1.165) is 0 Å². The van der Waals surface area contributed by atoms with Crippen LogP contribution in [0.5, 0.6) is 0 Å². The average Bonchev–Trinajstić information content (AvgIpc) is 2.70. The van der Waals surface area contributed by atoms with Gasteiger partial charge in [-0.05, 0) is 65.9 Å². The van der Waals surface area contributed by atoms with E-state index in [1.807, 2.05) is 0 Å². The van der Waals surface area contributed by atoms with E-state index < -0.39 is 0 Å². The normalized spacial score (nSPS) is 31.8. The smallest absolute Gasteiger partial charge is 0.0217 e. The van der Waals surface area contributed by atoms with Crippen LogP contribution >= 0.6 is 0 Å². The second-order valence-corrected chi connectivity index (χ2v) is 7.47. The summed E-state index contributed by atoms with van der Waals surface area (Å²) in [6.07, 6.45) is 15.9. The SMILES string of the molecule is CC1C=CC2=C(C1)C1(CCCC3=C(C=C3)C1)c1ccccc12. The monoisotopic (exact) mass is 286 g/mol. The predicted octanol–water partition coefficient (Wildman–Crippen LogP) is 5.73. The van der Waals surface area contributed by atoms with Crippen LogP contribution in [0.1, 0.15) is 50.2 Å². The minimum absolute atomic E-state index is 0.285. The summed E-state index contributed by atoms with van der Waals surface area (Å²) >= 11 is 0. The molecule has 0 nitrogen and oxygen atoms in total. The van der Waals surface area contributed by atoms with E-state index in [9.17, 15) is 0 Å². The highest BCUT2D eigenvalue weighted by atomic mass is 14.5. The molecule has 1 aromatic rings. The molecule has 0 aliphatic heterocycles. The van der Waals surface area contributed by atoms with Gasteiger partial charge in [-0.1, -0.05) is 61.1 Å². The standard InChI is InChI=1S/C22H22/c1-15-8-11-19-18-6-2-3-7-20(18)22(21(19)13-15)12-4-5-16-9-10-17(16)14-22/h2-3,6-11,15H,4-5,12-14H2,1H3. The Morgan fingerprint density at radius 3 is 2.77 bits per heavy atom. The van der Waals surface area contributed by atoms with Crippen molar-refractivity contribution in [3.63, 3.8) is 0 Å². The highest BCUT2D eigenvalue weighted by Gasteiger charge is 2.46. The lowest BCUT2D eigenvalue weighted by molar-refractivity contribution is 0.439. The molecule has 0 amide bonds. The molecule has 0 heterocycles. The summed E-state index contributed by atoms with van der Waals surface area (Å²) in [5, 5.41) is 0. The number of allylic oxidation sites excluding steroid dienone is 8. The molecule has 4 aliphatic rings. The van der Waals surface area contributed by atoms with Gasteiger partial charge in [0.05, 0.1) is 0 Å². The minimum Gasteiger partial charge on any atom is -0.0808 e. The van der Waals surface area contributed by atoms with E-state index in [1.54, 1.807) is 27.9 Å². The number of hydrogen-bond acceptors (Lipinski definition) is 0. The van der Waals surface area contributed by atoms with Crippen LogP contribution in [0, 0.1) is 5.92 Å². The molecule has 0 N–H and O–H groups in total. The zero-order chi connectivity index (χ0) is 14.7. The van der Waals surface area contributed by atoms with Crippen molar-refractivity contribution in [3.05, 3.63) is 76.4 Å². The van der Waals surface area contributed by atoms with Gasteiger partial charge in [-0.2, -0.15) is 0 Å². The van der Waals surface area contributed by atoms with Gasteiger partial charge in [-0.3, -0.25) is 0 Å². The number of fused-ring (bicyclic) bond motifs is 4. The van der Waals surface area contributed by atoms with Crippen molar-refractivity contribution in [2.45, 2.75) is 44.4 Å². The van der Waals surface area contributed by atoms with Crippen LogP contribution in [-0.4, -0.2) is 0 Å². The van der Waals surface area contributed by atoms with Crippen molar-refractivity contribution in [2.75, 3.05) is 0 Å². The molecule has 0 aromatic heterocycles. The number of benzene rings is 1. The van der Waals surface area contributed by atoms with Crippen molar-refractivity contribution in [1.29, 1.82) is 0 Å². The zero-order valence-corrected chi connectivity index (χ0v) is 13.2. The molecule has 110 valence electrons. The third-order valence-corrected chi connectivity index (χ3v) is 6.19. The fourth-order valence-corrected chi connectivity index (χ4v) is 5.08. The van der Waals surface area contributed by atoms with E-state index in [4.69, 9.17) is 0 Å². The lowest BCUT2D eigenvalue weighted by Crippen LogP contribution is -2.28. The highest BCUT2D eigenvalue weighted by Crippen LogP contribution is 2.58. The summed E-state index contributed by atoms with van der Waals surface area (Å²) in [5.74, 6) is 0.679. The summed E-state index contributed by atoms with van der Waals surface area (Å²) in [6, 6.07) is 9.19. The Morgan fingerprint density at radius 2 is 1.91 bits per heavy atom. The van der Waals surface area contributed by atoms with Gasteiger partial charge in [-0.15, -0.1) is 0 Å². The molecule has 0 saturated heterocycles. The fourth-order valence-electron chi connectivity index (χ4n) is 5.08. The Bertz CT molecular complexity index is 784. The Morgan fingerprint density at radius 1 is 1.05 bits per heavy atom. The molecular formula is C22H22. The molecule has 0 bridgehead atoms.